The number of benzene rings is 10. The van der Waals surface area contributed by atoms with Crippen molar-refractivity contribution in [3.05, 3.63) is 315 Å². The van der Waals surface area contributed by atoms with E-state index in [1.54, 1.807) is 0 Å². The molecule has 0 N–H and O–H groups in total. The van der Waals surface area contributed by atoms with Gasteiger partial charge in [0.05, 0.1) is 17.1 Å². The molecule has 6 heteroatoms. The van der Waals surface area contributed by atoms with E-state index < -0.39 is 0 Å². The summed E-state index contributed by atoms with van der Waals surface area (Å²) in [5.74, 6) is 0.630. The first-order chi connectivity index (χ1) is 41.9. The standard InChI is InChI=1S/C79H56N6/c1-53-18-14-21-56(42-53)76-38-36-60(49-81-76)69-29-8-10-31-71(69)62-44-63(72-32-11-9-30-70(72)61-37-39-77(82-50-61)57-22-15-19-54(2)43-57)46-64(45-62)73-33-12-13-34-74(73)65-51-83-79(84-52-65)59-24-17-28-68(48-59)85(66-25-4-3-5-26-66)67-27-16-23-58(47-67)78-75-35-7-6-20-55(75)40-41-80-78/h3-52H,1-2H3. The molecular formula is C79H56N6. The molecule has 0 aliphatic carbocycles. The van der Waals surface area contributed by atoms with Gasteiger partial charge in [0.1, 0.15) is 0 Å². The third-order valence-corrected chi connectivity index (χ3v) is 15.8. The lowest BCUT2D eigenvalue weighted by molar-refractivity contribution is 1.17. The first-order valence-corrected chi connectivity index (χ1v) is 28.7. The lowest BCUT2D eigenvalue weighted by atomic mass is 9.86. The molecule has 0 fully saturated rings. The van der Waals surface area contributed by atoms with Gasteiger partial charge < -0.3 is 4.90 Å². The van der Waals surface area contributed by atoms with Crippen molar-refractivity contribution in [2.24, 2.45) is 0 Å². The smallest absolute Gasteiger partial charge is 0.159 e. The molecule has 0 atom stereocenters. The quantitative estimate of drug-likeness (QED) is 0.115. The number of para-hydroxylation sites is 1. The van der Waals surface area contributed by atoms with E-state index >= 15 is 0 Å². The number of aromatic nitrogens is 5. The monoisotopic (exact) mass is 1090 g/mol. The number of fused-ring (bicyclic) bond motifs is 1. The molecule has 0 spiro atoms. The summed E-state index contributed by atoms with van der Waals surface area (Å²) in [6.07, 6.45) is 9.81. The van der Waals surface area contributed by atoms with Gasteiger partial charge in [-0.1, -0.05) is 199 Å². The zero-order valence-corrected chi connectivity index (χ0v) is 47.1. The van der Waals surface area contributed by atoms with Crippen LogP contribution in [0.25, 0.3) is 123 Å². The lowest BCUT2D eigenvalue weighted by Gasteiger charge is -2.26. The summed E-state index contributed by atoms with van der Waals surface area (Å²) in [6.45, 7) is 4.23. The normalized spacial score (nSPS) is 11.2. The Morgan fingerprint density at radius 3 is 1.20 bits per heavy atom. The molecule has 4 heterocycles. The molecule has 0 aliphatic heterocycles. The highest BCUT2D eigenvalue weighted by Crippen LogP contribution is 2.44. The molecule has 402 valence electrons. The van der Waals surface area contributed by atoms with Gasteiger partial charge in [-0.05, 0) is 154 Å². The Morgan fingerprint density at radius 1 is 0.259 bits per heavy atom. The van der Waals surface area contributed by atoms with E-state index in [9.17, 15) is 0 Å². The third-order valence-electron chi connectivity index (χ3n) is 15.8. The number of nitrogens with zero attached hydrogens (tertiary/aromatic N) is 6. The fourth-order valence-corrected chi connectivity index (χ4v) is 11.7. The summed E-state index contributed by atoms with van der Waals surface area (Å²) in [4.78, 5) is 27.4. The van der Waals surface area contributed by atoms with Crippen LogP contribution in [0.5, 0.6) is 0 Å². The van der Waals surface area contributed by atoms with Crippen LogP contribution in [-0.4, -0.2) is 24.9 Å². The van der Waals surface area contributed by atoms with E-state index in [0.717, 1.165) is 134 Å². The summed E-state index contributed by atoms with van der Waals surface area (Å²) in [5, 5.41) is 2.27. The predicted octanol–water partition coefficient (Wildman–Crippen LogP) is 20.6. The predicted molar refractivity (Wildman–Crippen MR) is 351 cm³/mol. The lowest BCUT2D eigenvalue weighted by Crippen LogP contribution is -2.10. The minimum atomic E-state index is 0.630. The van der Waals surface area contributed by atoms with Crippen LogP contribution in [0.3, 0.4) is 0 Å². The average Bonchev–Trinajstić information content (AvgIpc) is 3.10. The van der Waals surface area contributed by atoms with Gasteiger partial charge in [0, 0.05) is 92.4 Å². The zero-order chi connectivity index (χ0) is 57.1. The SMILES string of the molecule is Cc1cccc(-c2ccc(-c3ccccc3-c3cc(-c4ccccc4-c4ccc(-c5cccc(C)c5)nc4)cc(-c4ccccc4-c4cnc(-c5cccc(N(c6ccccc6)c6cccc(-c7nccc8ccccc78)c6)c5)nc4)c3)cn2)c1. The van der Waals surface area contributed by atoms with Crippen molar-refractivity contribution in [1.82, 2.24) is 24.9 Å². The van der Waals surface area contributed by atoms with Gasteiger partial charge >= 0.3 is 0 Å². The molecule has 4 aromatic heterocycles. The molecule has 0 bridgehead atoms. The molecular weight excluding hydrogens is 1030 g/mol. The van der Waals surface area contributed by atoms with Crippen LogP contribution in [0.15, 0.2) is 304 Å². The summed E-state index contributed by atoms with van der Waals surface area (Å²) >= 11 is 0. The zero-order valence-electron chi connectivity index (χ0n) is 47.1. The Kier molecular flexibility index (Phi) is 14.0. The van der Waals surface area contributed by atoms with Crippen molar-refractivity contribution in [3.8, 4) is 112 Å². The van der Waals surface area contributed by atoms with Crippen molar-refractivity contribution >= 4 is 27.8 Å². The van der Waals surface area contributed by atoms with Crippen molar-refractivity contribution in [1.29, 1.82) is 0 Å². The Balaban J connectivity index is 0.844. The van der Waals surface area contributed by atoms with Crippen molar-refractivity contribution in [2.75, 3.05) is 4.90 Å². The topological polar surface area (TPSA) is 67.7 Å². The first-order valence-electron chi connectivity index (χ1n) is 28.7. The minimum Gasteiger partial charge on any atom is -0.310 e. The molecule has 0 amide bonds. The number of aryl methyl sites for hydroxylation is 2. The first kappa shape index (κ1) is 51.9. The molecule has 0 saturated carbocycles. The molecule has 6 nitrogen and oxygen atoms in total. The molecule has 14 aromatic rings. The van der Waals surface area contributed by atoms with Gasteiger partial charge in [0.2, 0.25) is 0 Å². The van der Waals surface area contributed by atoms with Crippen LogP contribution in [0.2, 0.25) is 0 Å². The van der Waals surface area contributed by atoms with E-state index in [0.29, 0.717) is 5.82 Å². The Hall–Kier alpha value is -11.2. The number of hydrogen-bond donors (Lipinski definition) is 0. The van der Waals surface area contributed by atoms with Gasteiger partial charge in [-0.15, -0.1) is 0 Å². The Morgan fingerprint density at radius 2 is 0.682 bits per heavy atom. The summed E-state index contributed by atoms with van der Waals surface area (Å²) in [7, 11) is 0. The highest BCUT2D eigenvalue weighted by atomic mass is 15.1. The summed E-state index contributed by atoms with van der Waals surface area (Å²) < 4.78 is 0. The number of pyridine rings is 3. The summed E-state index contributed by atoms with van der Waals surface area (Å²) in [6, 6.07) is 96.6. The van der Waals surface area contributed by atoms with Crippen LogP contribution in [0, 0.1) is 13.8 Å². The average molecular weight is 1090 g/mol. The van der Waals surface area contributed by atoms with E-state index in [4.69, 9.17) is 24.9 Å². The van der Waals surface area contributed by atoms with E-state index in [2.05, 4.69) is 286 Å². The van der Waals surface area contributed by atoms with Crippen LogP contribution in [0.4, 0.5) is 17.1 Å². The highest BCUT2D eigenvalue weighted by Gasteiger charge is 2.20. The summed E-state index contributed by atoms with van der Waals surface area (Å²) in [5.41, 5.74) is 25.1. The van der Waals surface area contributed by atoms with Crippen LogP contribution in [-0.2, 0) is 0 Å². The van der Waals surface area contributed by atoms with Crippen LogP contribution in [0.1, 0.15) is 11.1 Å². The number of anilines is 3. The second-order valence-electron chi connectivity index (χ2n) is 21.5. The molecule has 0 radical (unpaired) electrons. The molecule has 0 saturated heterocycles. The largest absolute Gasteiger partial charge is 0.310 e. The molecule has 14 rings (SSSR count). The van der Waals surface area contributed by atoms with Gasteiger partial charge in [-0.2, -0.15) is 0 Å². The van der Waals surface area contributed by atoms with Crippen molar-refractivity contribution < 1.29 is 0 Å². The van der Waals surface area contributed by atoms with E-state index in [1.165, 1.54) is 11.1 Å². The molecule has 0 unspecified atom stereocenters. The van der Waals surface area contributed by atoms with E-state index in [1.807, 2.05) is 37.1 Å². The van der Waals surface area contributed by atoms with Gasteiger partial charge in [0.15, 0.2) is 5.82 Å². The van der Waals surface area contributed by atoms with Crippen molar-refractivity contribution in [3.63, 3.8) is 0 Å². The molecule has 10 aromatic carbocycles. The Labute approximate surface area is 495 Å². The maximum absolute atomic E-state index is 5.12. The number of hydrogen-bond acceptors (Lipinski definition) is 6. The second kappa shape index (κ2) is 23.0. The minimum absolute atomic E-state index is 0.630. The third kappa shape index (κ3) is 10.7. The second-order valence-corrected chi connectivity index (χ2v) is 21.5. The fraction of sp³-hybridized carbons (Fsp3) is 0.0253. The molecule has 0 aliphatic rings. The maximum Gasteiger partial charge on any atom is 0.159 e. The van der Waals surface area contributed by atoms with Crippen molar-refractivity contribution in [2.45, 2.75) is 13.8 Å². The van der Waals surface area contributed by atoms with Crippen LogP contribution >= 0.6 is 0 Å². The highest BCUT2D eigenvalue weighted by molar-refractivity contribution is 5.97. The fourth-order valence-electron chi connectivity index (χ4n) is 11.7. The van der Waals surface area contributed by atoms with Gasteiger partial charge in [-0.25, -0.2) is 9.97 Å². The Bertz CT molecular complexity index is 4570. The van der Waals surface area contributed by atoms with Crippen LogP contribution < -0.4 is 4.90 Å². The number of rotatable bonds is 13. The van der Waals surface area contributed by atoms with Gasteiger partial charge in [0.25, 0.3) is 0 Å². The van der Waals surface area contributed by atoms with E-state index in [-0.39, 0.29) is 0 Å². The van der Waals surface area contributed by atoms with Gasteiger partial charge in [-0.3, -0.25) is 15.0 Å². The molecule has 85 heavy (non-hydrogen) atoms. The maximum atomic E-state index is 5.12.